The zero-order valence-electron chi connectivity index (χ0n) is 19.4. The van der Waals surface area contributed by atoms with Crippen LogP contribution in [0, 0.1) is 5.95 Å². The van der Waals surface area contributed by atoms with Gasteiger partial charge in [-0.1, -0.05) is 12.1 Å². The molecule has 3 aromatic rings. The average Bonchev–Trinajstić information content (AvgIpc) is 2.88. The molecule has 35 heavy (non-hydrogen) atoms. The third-order valence-corrected chi connectivity index (χ3v) is 6.10. The molecular formula is C26H24FN5O3. The molecule has 0 aliphatic carbocycles. The second kappa shape index (κ2) is 9.27. The van der Waals surface area contributed by atoms with E-state index in [4.69, 9.17) is 20.2 Å². The number of carbonyl (C=O) groups excluding carboxylic acids is 1. The molecule has 178 valence electrons. The Hall–Kier alpha value is -4.11. The Kier molecular flexibility index (Phi) is 6.00. The van der Waals surface area contributed by atoms with Crippen LogP contribution in [0.5, 0.6) is 11.5 Å². The first-order chi connectivity index (χ1) is 16.9. The first kappa shape index (κ1) is 22.7. The third kappa shape index (κ3) is 4.38. The van der Waals surface area contributed by atoms with Gasteiger partial charge in [0.15, 0.2) is 11.7 Å². The highest BCUT2D eigenvalue weighted by atomic mass is 19.1. The number of fused-ring (bicyclic) bond motifs is 2. The fourth-order valence-corrected chi connectivity index (χ4v) is 4.10. The summed E-state index contributed by atoms with van der Waals surface area (Å²) in [5, 5.41) is 0. The van der Waals surface area contributed by atoms with Gasteiger partial charge in [-0.05, 0) is 47.9 Å². The Morgan fingerprint density at radius 3 is 2.77 bits per heavy atom. The quantitative estimate of drug-likeness (QED) is 0.349. The number of aliphatic imine (C=N–C) groups is 1. The molecule has 0 spiro atoms. The second-order valence-electron chi connectivity index (χ2n) is 8.34. The van der Waals surface area contributed by atoms with Crippen molar-refractivity contribution in [1.82, 2.24) is 14.9 Å². The van der Waals surface area contributed by atoms with Crippen LogP contribution in [0.1, 0.15) is 36.2 Å². The number of amides is 1. The van der Waals surface area contributed by atoms with Gasteiger partial charge in [-0.25, -0.2) is 9.98 Å². The maximum atomic E-state index is 14.4. The molecule has 1 amide bonds. The topological polar surface area (TPSA) is 103 Å². The van der Waals surface area contributed by atoms with Gasteiger partial charge in [-0.3, -0.25) is 14.7 Å². The van der Waals surface area contributed by atoms with Crippen LogP contribution in [0.2, 0.25) is 0 Å². The summed E-state index contributed by atoms with van der Waals surface area (Å²) < 4.78 is 26.2. The minimum atomic E-state index is -0.609. The molecule has 0 saturated carbocycles. The van der Waals surface area contributed by atoms with Crippen molar-refractivity contribution < 1.29 is 18.7 Å². The van der Waals surface area contributed by atoms with E-state index in [-0.39, 0.29) is 11.9 Å². The first-order valence-electron chi connectivity index (χ1n) is 11.2. The number of rotatable bonds is 3. The van der Waals surface area contributed by atoms with Gasteiger partial charge in [0.1, 0.15) is 11.8 Å². The summed E-state index contributed by atoms with van der Waals surface area (Å²) >= 11 is 0. The van der Waals surface area contributed by atoms with Crippen molar-refractivity contribution >= 4 is 17.4 Å². The number of nitrogens with zero attached hydrogens (tertiary/aromatic N) is 4. The standard InChI is InChI=1S/C26H24FN5O3/c1-15(33)32(2)26(28)31-24-19-11-16(18-6-3-9-29-25(18)27)7-8-22(19)35-23-13-30-21(12-20(23)24)17-5-4-10-34-14-17/h3,5-9,11-13,24H,4,10,14H2,1-2H3,(H2,28,31). The fourth-order valence-electron chi connectivity index (χ4n) is 4.10. The monoisotopic (exact) mass is 473 g/mol. The number of benzene rings is 1. The maximum absolute atomic E-state index is 14.4. The zero-order chi connectivity index (χ0) is 24.5. The Bertz CT molecular complexity index is 1370. The van der Waals surface area contributed by atoms with Gasteiger partial charge in [-0.2, -0.15) is 4.39 Å². The molecule has 1 unspecified atom stereocenters. The summed E-state index contributed by atoms with van der Waals surface area (Å²) in [6.07, 6.45) is 5.98. The number of halogens is 1. The smallest absolute Gasteiger partial charge is 0.225 e. The maximum Gasteiger partial charge on any atom is 0.225 e. The third-order valence-electron chi connectivity index (χ3n) is 6.10. The molecule has 0 bridgehead atoms. The number of carbonyl (C=O) groups is 1. The van der Waals surface area contributed by atoms with E-state index < -0.39 is 12.0 Å². The Morgan fingerprint density at radius 2 is 2.03 bits per heavy atom. The molecule has 2 aliphatic heterocycles. The summed E-state index contributed by atoms with van der Waals surface area (Å²) in [5.74, 6) is 0.317. The lowest BCUT2D eigenvalue weighted by atomic mass is 9.92. The van der Waals surface area contributed by atoms with Crippen LogP contribution in [0.3, 0.4) is 0 Å². The van der Waals surface area contributed by atoms with E-state index in [2.05, 4.69) is 16.0 Å². The number of hydrogen-bond donors (Lipinski definition) is 1. The van der Waals surface area contributed by atoms with Gasteiger partial charge in [-0.15, -0.1) is 0 Å². The van der Waals surface area contributed by atoms with Gasteiger partial charge < -0.3 is 15.2 Å². The normalized spacial score (nSPS) is 17.1. The first-order valence-corrected chi connectivity index (χ1v) is 11.2. The van der Waals surface area contributed by atoms with Crippen LogP contribution < -0.4 is 10.5 Å². The Labute approximate surface area is 201 Å². The van der Waals surface area contributed by atoms with Crippen molar-refractivity contribution in [3.8, 4) is 22.6 Å². The highest BCUT2D eigenvalue weighted by molar-refractivity contribution is 5.95. The second-order valence-corrected chi connectivity index (χ2v) is 8.34. The number of ether oxygens (including phenoxy) is 2. The van der Waals surface area contributed by atoms with Gasteiger partial charge in [0, 0.05) is 36.9 Å². The Balaban J connectivity index is 1.66. The van der Waals surface area contributed by atoms with E-state index in [1.54, 1.807) is 37.5 Å². The largest absolute Gasteiger partial charge is 0.455 e. The molecule has 1 atom stereocenters. The number of hydrogen-bond acceptors (Lipinski definition) is 6. The minimum absolute atomic E-state index is 0.0536. The van der Waals surface area contributed by atoms with Crippen molar-refractivity contribution in [3.63, 3.8) is 0 Å². The SMILES string of the molecule is CC(=O)N(C)C(N)=NC1c2cc(-c3cccnc3F)ccc2Oc2cnc(C3=CCCOC3)cc21. The number of pyridine rings is 2. The van der Waals surface area contributed by atoms with Gasteiger partial charge in [0.05, 0.1) is 25.1 Å². The van der Waals surface area contributed by atoms with Gasteiger partial charge in [0.25, 0.3) is 0 Å². The lowest BCUT2D eigenvalue weighted by molar-refractivity contribution is -0.124. The van der Waals surface area contributed by atoms with Crippen molar-refractivity contribution in [2.24, 2.45) is 10.7 Å². The summed E-state index contributed by atoms with van der Waals surface area (Å²) in [5.41, 5.74) is 10.3. The van der Waals surface area contributed by atoms with Crippen LogP contribution in [-0.2, 0) is 9.53 Å². The number of aromatic nitrogens is 2. The molecule has 0 radical (unpaired) electrons. The van der Waals surface area contributed by atoms with Crippen LogP contribution in [0.25, 0.3) is 16.7 Å². The van der Waals surface area contributed by atoms with Crippen LogP contribution in [0.15, 0.2) is 59.9 Å². The van der Waals surface area contributed by atoms with Crippen LogP contribution >= 0.6 is 0 Å². The molecular weight excluding hydrogens is 449 g/mol. The molecule has 4 heterocycles. The fraction of sp³-hybridized carbons (Fsp3) is 0.231. The van der Waals surface area contributed by atoms with E-state index in [0.29, 0.717) is 41.4 Å². The van der Waals surface area contributed by atoms with Crippen molar-refractivity contribution in [2.75, 3.05) is 20.3 Å². The number of nitrogens with two attached hydrogens (primary N) is 1. The predicted molar refractivity (Wildman–Crippen MR) is 129 cm³/mol. The molecule has 2 aromatic heterocycles. The summed E-state index contributed by atoms with van der Waals surface area (Å²) in [6, 6.07) is 9.98. The van der Waals surface area contributed by atoms with E-state index in [0.717, 1.165) is 23.3 Å². The van der Waals surface area contributed by atoms with E-state index in [1.807, 2.05) is 12.1 Å². The van der Waals surface area contributed by atoms with Gasteiger partial charge in [0.2, 0.25) is 11.9 Å². The lowest BCUT2D eigenvalue weighted by Crippen LogP contribution is -2.38. The van der Waals surface area contributed by atoms with E-state index >= 15 is 0 Å². The summed E-state index contributed by atoms with van der Waals surface area (Å²) in [4.78, 5) is 26.2. The summed E-state index contributed by atoms with van der Waals surface area (Å²) in [6.45, 7) is 2.56. The molecule has 5 rings (SSSR count). The van der Waals surface area contributed by atoms with Crippen molar-refractivity contribution in [3.05, 3.63) is 77.6 Å². The van der Waals surface area contributed by atoms with E-state index in [9.17, 15) is 9.18 Å². The lowest BCUT2D eigenvalue weighted by Gasteiger charge is -2.28. The van der Waals surface area contributed by atoms with E-state index in [1.165, 1.54) is 18.0 Å². The van der Waals surface area contributed by atoms with Gasteiger partial charge >= 0.3 is 0 Å². The van der Waals surface area contributed by atoms with Crippen molar-refractivity contribution in [1.29, 1.82) is 0 Å². The molecule has 1 aromatic carbocycles. The average molecular weight is 474 g/mol. The zero-order valence-corrected chi connectivity index (χ0v) is 19.4. The molecule has 0 saturated heterocycles. The van der Waals surface area contributed by atoms with Crippen molar-refractivity contribution in [2.45, 2.75) is 19.4 Å². The molecule has 0 fully saturated rings. The summed E-state index contributed by atoms with van der Waals surface area (Å²) in [7, 11) is 1.56. The van der Waals surface area contributed by atoms with Crippen LogP contribution in [-0.4, -0.2) is 47.0 Å². The molecule has 2 N–H and O–H groups in total. The molecule has 2 aliphatic rings. The van der Waals surface area contributed by atoms with Crippen LogP contribution in [0.4, 0.5) is 4.39 Å². The predicted octanol–water partition coefficient (Wildman–Crippen LogP) is 4.07. The Morgan fingerprint density at radius 1 is 1.20 bits per heavy atom. The molecule has 9 heteroatoms. The molecule has 8 nitrogen and oxygen atoms in total. The number of guanidine groups is 1. The minimum Gasteiger partial charge on any atom is -0.455 e. The highest BCUT2D eigenvalue weighted by Gasteiger charge is 2.30. The highest BCUT2D eigenvalue weighted by Crippen LogP contribution is 2.46.